The molecule has 5 aliphatic rings. The summed E-state index contributed by atoms with van der Waals surface area (Å²) in [5.41, 5.74) is 8.30. The quantitative estimate of drug-likeness (QED) is 0.844. The lowest BCUT2D eigenvalue weighted by atomic mass is 9.40. The Morgan fingerprint density at radius 3 is 2.26 bits per heavy atom. The molecule has 3 N–H and O–H groups in total. The monoisotopic (exact) mass is 366 g/mol. The number of amides is 1. The van der Waals surface area contributed by atoms with Gasteiger partial charge in [0, 0.05) is 18.0 Å². The van der Waals surface area contributed by atoms with Crippen LogP contribution in [-0.2, 0) is 10.2 Å². The van der Waals surface area contributed by atoms with Gasteiger partial charge in [0.15, 0.2) is 0 Å². The van der Waals surface area contributed by atoms with Crippen LogP contribution in [0.3, 0.4) is 0 Å². The van der Waals surface area contributed by atoms with E-state index in [0.717, 1.165) is 25.7 Å². The molecule has 0 radical (unpaired) electrons. The summed E-state index contributed by atoms with van der Waals surface area (Å²) in [7, 11) is 0. The van der Waals surface area contributed by atoms with E-state index in [1.807, 2.05) is 0 Å². The zero-order valence-corrected chi connectivity index (χ0v) is 16.6. The van der Waals surface area contributed by atoms with Crippen LogP contribution in [-0.4, -0.2) is 18.0 Å². The SMILES string of the molecule is CC12CC3CC(c4ccccc4)(CC(C1)C3C(=O)N[C@H]1CC[C@H](N)CC1)C2. The fourth-order valence-electron chi connectivity index (χ4n) is 7.70. The Labute approximate surface area is 163 Å². The molecule has 0 heterocycles. The second-order valence-corrected chi connectivity index (χ2v) is 10.6. The van der Waals surface area contributed by atoms with E-state index < -0.39 is 0 Å². The van der Waals surface area contributed by atoms with Gasteiger partial charge in [-0.05, 0) is 86.0 Å². The molecule has 5 aliphatic carbocycles. The third-order valence-corrected chi connectivity index (χ3v) is 8.40. The zero-order valence-electron chi connectivity index (χ0n) is 16.6. The summed E-state index contributed by atoms with van der Waals surface area (Å²) in [6, 6.07) is 11.9. The number of hydrogen-bond acceptors (Lipinski definition) is 2. The molecular formula is C24H34N2O. The van der Waals surface area contributed by atoms with Crippen molar-refractivity contribution in [2.75, 3.05) is 0 Å². The van der Waals surface area contributed by atoms with Crippen LogP contribution >= 0.6 is 0 Å². The van der Waals surface area contributed by atoms with E-state index in [1.54, 1.807) is 0 Å². The average Bonchev–Trinajstić information content (AvgIpc) is 2.63. The molecule has 3 nitrogen and oxygen atoms in total. The predicted octanol–water partition coefficient (Wildman–Crippen LogP) is 4.16. The smallest absolute Gasteiger partial charge is 0.223 e. The third kappa shape index (κ3) is 3.03. The molecule has 5 saturated carbocycles. The summed E-state index contributed by atoms with van der Waals surface area (Å²) in [5, 5.41) is 3.44. The maximum absolute atomic E-state index is 13.3. The zero-order chi connectivity index (χ0) is 18.6. The number of nitrogens with two attached hydrogens (primary N) is 1. The molecule has 0 aromatic heterocycles. The van der Waals surface area contributed by atoms with E-state index in [0.29, 0.717) is 40.7 Å². The molecule has 6 rings (SSSR count). The summed E-state index contributed by atoms with van der Waals surface area (Å²) < 4.78 is 0. The molecule has 0 aliphatic heterocycles. The van der Waals surface area contributed by atoms with Crippen LogP contribution in [0.4, 0.5) is 0 Å². The van der Waals surface area contributed by atoms with Crippen LogP contribution in [0.5, 0.6) is 0 Å². The largest absolute Gasteiger partial charge is 0.353 e. The molecule has 0 saturated heterocycles. The van der Waals surface area contributed by atoms with E-state index in [9.17, 15) is 4.79 Å². The molecule has 1 amide bonds. The topological polar surface area (TPSA) is 55.1 Å². The highest BCUT2D eigenvalue weighted by Crippen LogP contribution is 2.67. The highest BCUT2D eigenvalue weighted by molar-refractivity contribution is 5.80. The van der Waals surface area contributed by atoms with Gasteiger partial charge in [0.2, 0.25) is 5.91 Å². The Morgan fingerprint density at radius 2 is 1.63 bits per heavy atom. The van der Waals surface area contributed by atoms with Gasteiger partial charge in [0.05, 0.1) is 0 Å². The van der Waals surface area contributed by atoms with Crippen LogP contribution < -0.4 is 11.1 Å². The minimum Gasteiger partial charge on any atom is -0.353 e. The van der Waals surface area contributed by atoms with Crippen LogP contribution in [0.25, 0.3) is 0 Å². The van der Waals surface area contributed by atoms with Gasteiger partial charge in [0.25, 0.3) is 0 Å². The summed E-state index contributed by atoms with van der Waals surface area (Å²) in [5.74, 6) is 1.71. The normalized spacial score (nSPS) is 45.6. The first kappa shape index (κ1) is 17.7. The maximum atomic E-state index is 13.3. The Kier molecular flexibility index (Phi) is 4.16. The van der Waals surface area contributed by atoms with Gasteiger partial charge in [-0.15, -0.1) is 0 Å². The van der Waals surface area contributed by atoms with Crippen molar-refractivity contribution in [1.82, 2.24) is 5.32 Å². The Hall–Kier alpha value is -1.35. The highest BCUT2D eigenvalue weighted by atomic mass is 16.2. The van der Waals surface area contributed by atoms with Crippen LogP contribution in [0.2, 0.25) is 0 Å². The van der Waals surface area contributed by atoms with Crippen molar-refractivity contribution in [3.63, 3.8) is 0 Å². The Balaban J connectivity index is 1.35. The van der Waals surface area contributed by atoms with Gasteiger partial charge < -0.3 is 11.1 Å². The highest BCUT2D eigenvalue weighted by Gasteiger charge is 2.61. The van der Waals surface area contributed by atoms with Gasteiger partial charge in [-0.3, -0.25) is 4.79 Å². The fraction of sp³-hybridized carbons (Fsp3) is 0.708. The lowest BCUT2D eigenvalue weighted by Gasteiger charge is -2.64. The van der Waals surface area contributed by atoms with Crippen LogP contribution in [0.15, 0.2) is 30.3 Å². The van der Waals surface area contributed by atoms with Gasteiger partial charge in [-0.1, -0.05) is 37.3 Å². The molecule has 27 heavy (non-hydrogen) atoms. The van der Waals surface area contributed by atoms with Crippen molar-refractivity contribution in [3.8, 4) is 0 Å². The second-order valence-electron chi connectivity index (χ2n) is 10.6. The number of rotatable bonds is 3. The minimum absolute atomic E-state index is 0.241. The molecule has 5 fully saturated rings. The van der Waals surface area contributed by atoms with Crippen molar-refractivity contribution in [2.24, 2.45) is 28.9 Å². The van der Waals surface area contributed by atoms with E-state index in [-0.39, 0.29) is 5.92 Å². The summed E-state index contributed by atoms with van der Waals surface area (Å²) >= 11 is 0. The second kappa shape index (κ2) is 6.34. The van der Waals surface area contributed by atoms with E-state index >= 15 is 0 Å². The Morgan fingerprint density at radius 1 is 1.00 bits per heavy atom. The minimum atomic E-state index is 0.241. The average molecular weight is 367 g/mol. The maximum Gasteiger partial charge on any atom is 0.223 e. The summed E-state index contributed by atoms with van der Waals surface area (Å²) in [6.45, 7) is 2.49. The number of carbonyl (C=O) groups is 1. The lowest BCUT2D eigenvalue weighted by molar-refractivity contribution is -0.149. The number of benzene rings is 1. The van der Waals surface area contributed by atoms with E-state index in [4.69, 9.17) is 5.73 Å². The molecule has 4 bridgehead atoms. The number of carbonyl (C=O) groups excluding carboxylic acids is 1. The molecule has 3 heteroatoms. The van der Waals surface area contributed by atoms with Gasteiger partial charge >= 0.3 is 0 Å². The summed E-state index contributed by atoms with van der Waals surface area (Å²) in [4.78, 5) is 13.3. The van der Waals surface area contributed by atoms with Gasteiger partial charge in [-0.2, -0.15) is 0 Å². The van der Waals surface area contributed by atoms with E-state index in [2.05, 4.69) is 42.6 Å². The summed E-state index contributed by atoms with van der Waals surface area (Å²) in [6.07, 6.45) is 10.4. The number of hydrogen-bond donors (Lipinski definition) is 2. The number of nitrogens with one attached hydrogen (secondary N) is 1. The van der Waals surface area contributed by atoms with Crippen molar-refractivity contribution in [3.05, 3.63) is 35.9 Å². The van der Waals surface area contributed by atoms with E-state index in [1.165, 1.54) is 37.7 Å². The predicted molar refractivity (Wildman–Crippen MR) is 108 cm³/mol. The third-order valence-electron chi connectivity index (χ3n) is 8.40. The first-order valence-corrected chi connectivity index (χ1v) is 11.1. The standard InChI is InChI=1S/C24H34N2O/c1-23-11-16-13-24(15-23,18-5-3-2-4-6-18)14-17(12-23)21(16)22(27)26-20-9-7-19(25)8-10-20/h2-6,16-17,19-21H,7-15,25H2,1H3,(H,26,27)/t16?,17?,19-,20-,21?,23?,24?. The first-order valence-electron chi connectivity index (χ1n) is 11.1. The van der Waals surface area contributed by atoms with Gasteiger partial charge in [-0.25, -0.2) is 0 Å². The van der Waals surface area contributed by atoms with Crippen LogP contribution in [0, 0.1) is 23.2 Å². The molecular weight excluding hydrogens is 332 g/mol. The van der Waals surface area contributed by atoms with Gasteiger partial charge in [0.1, 0.15) is 0 Å². The molecule has 1 aromatic rings. The van der Waals surface area contributed by atoms with Crippen molar-refractivity contribution in [2.45, 2.75) is 82.2 Å². The fourth-order valence-corrected chi connectivity index (χ4v) is 7.70. The first-order chi connectivity index (χ1) is 13.0. The molecule has 0 spiro atoms. The molecule has 146 valence electrons. The van der Waals surface area contributed by atoms with Crippen molar-refractivity contribution < 1.29 is 4.79 Å². The van der Waals surface area contributed by atoms with Crippen molar-refractivity contribution in [1.29, 1.82) is 0 Å². The molecule has 1 aromatic carbocycles. The van der Waals surface area contributed by atoms with Crippen LogP contribution in [0.1, 0.15) is 70.3 Å². The Bertz CT molecular complexity index is 690. The molecule has 2 atom stereocenters. The lowest BCUT2D eigenvalue weighted by Crippen LogP contribution is -2.60. The molecule has 2 unspecified atom stereocenters. The van der Waals surface area contributed by atoms with Crippen molar-refractivity contribution >= 4 is 5.91 Å².